The van der Waals surface area contributed by atoms with Crippen LogP contribution in [0.5, 0.6) is 0 Å². The average Bonchev–Trinajstić information content (AvgIpc) is 2.32. The Morgan fingerprint density at radius 3 is 2.83 bits per heavy atom. The molecule has 1 aliphatic carbocycles. The van der Waals surface area contributed by atoms with Crippen molar-refractivity contribution in [1.29, 1.82) is 5.26 Å². The summed E-state index contributed by atoms with van der Waals surface area (Å²) in [6, 6.07) is 8.03. The molecule has 0 spiro atoms. The number of anilines is 1. The van der Waals surface area contributed by atoms with Gasteiger partial charge in [-0.05, 0) is 49.3 Å². The van der Waals surface area contributed by atoms with E-state index in [2.05, 4.69) is 31.7 Å². The minimum absolute atomic E-state index is 0.287. The second-order valence-corrected chi connectivity index (χ2v) is 5.96. The van der Waals surface area contributed by atoms with E-state index in [9.17, 15) is 0 Å². The lowest BCUT2D eigenvalue weighted by molar-refractivity contribution is 0.246. The Labute approximate surface area is 114 Å². The molecule has 95 valence electrons. The molecule has 0 saturated heterocycles. The van der Waals surface area contributed by atoms with Gasteiger partial charge in [0.05, 0.1) is 10.6 Å². The lowest BCUT2D eigenvalue weighted by Crippen LogP contribution is -2.39. The van der Waals surface area contributed by atoms with Crippen molar-refractivity contribution in [1.82, 2.24) is 0 Å². The van der Waals surface area contributed by atoms with E-state index in [1.807, 2.05) is 12.1 Å². The number of hydrogen-bond acceptors (Lipinski definition) is 2. The Bertz CT molecular complexity index is 474. The Kier molecular flexibility index (Phi) is 3.82. The molecule has 1 aromatic rings. The van der Waals surface area contributed by atoms with Crippen molar-refractivity contribution in [2.24, 2.45) is 5.41 Å². The van der Waals surface area contributed by atoms with Gasteiger partial charge >= 0.3 is 0 Å². The third-order valence-electron chi connectivity index (χ3n) is 3.77. The summed E-state index contributed by atoms with van der Waals surface area (Å²) in [7, 11) is 0. The van der Waals surface area contributed by atoms with Gasteiger partial charge in [0, 0.05) is 11.7 Å². The summed E-state index contributed by atoms with van der Waals surface area (Å²) < 4.78 is 0. The van der Waals surface area contributed by atoms with E-state index in [4.69, 9.17) is 16.9 Å². The molecular formula is C15H18ClN2. The van der Waals surface area contributed by atoms with Crippen molar-refractivity contribution >= 4 is 17.3 Å². The molecule has 1 radical (unpaired) electrons. The molecular weight excluding hydrogens is 244 g/mol. The van der Waals surface area contributed by atoms with Crippen LogP contribution in [0.4, 0.5) is 5.69 Å². The molecule has 1 fully saturated rings. The fraction of sp³-hybridized carbons (Fsp3) is 0.467. The predicted molar refractivity (Wildman–Crippen MR) is 75.5 cm³/mol. The van der Waals surface area contributed by atoms with Gasteiger partial charge in [-0.15, -0.1) is 0 Å². The largest absolute Gasteiger partial charge is 0.382 e. The number of benzene rings is 1. The molecule has 0 bridgehead atoms. The van der Waals surface area contributed by atoms with Crippen LogP contribution in [-0.4, -0.2) is 6.04 Å². The number of nitrogens with zero attached hydrogens (tertiary/aromatic N) is 1. The molecule has 0 aliphatic heterocycles. The van der Waals surface area contributed by atoms with Crippen LogP contribution >= 0.6 is 11.6 Å². The van der Waals surface area contributed by atoms with Crippen molar-refractivity contribution < 1.29 is 0 Å². The van der Waals surface area contributed by atoms with Crippen LogP contribution in [0.25, 0.3) is 0 Å². The maximum atomic E-state index is 8.85. The molecule has 3 heteroatoms. The van der Waals surface area contributed by atoms with E-state index in [0.717, 1.165) is 12.1 Å². The third kappa shape index (κ3) is 2.79. The Balaban J connectivity index is 2.14. The van der Waals surface area contributed by atoms with E-state index in [0.29, 0.717) is 16.6 Å². The molecule has 18 heavy (non-hydrogen) atoms. The Morgan fingerprint density at radius 1 is 1.44 bits per heavy atom. The predicted octanol–water partition coefficient (Wildman–Crippen LogP) is 4.41. The van der Waals surface area contributed by atoms with Gasteiger partial charge in [-0.1, -0.05) is 25.4 Å². The van der Waals surface area contributed by atoms with Gasteiger partial charge in [0.2, 0.25) is 0 Å². The van der Waals surface area contributed by atoms with Gasteiger partial charge in [0.1, 0.15) is 6.07 Å². The quantitative estimate of drug-likeness (QED) is 0.856. The molecule has 0 amide bonds. The monoisotopic (exact) mass is 261 g/mol. The topological polar surface area (TPSA) is 35.8 Å². The highest BCUT2D eigenvalue weighted by Gasteiger charge is 2.32. The van der Waals surface area contributed by atoms with E-state index < -0.39 is 0 Å². The second kappa shape index (κ2) is 5.20. The van der Waals surface area contributed by atoms with E-state index in [-0.39, 0.29) is 5.41 Å². The number of halogens is 1. The number of nitriles is 1. The Morgan fingerprint density at radius 2 is 2.22 bits per heavy atom. The minimum Gasteiger partial charge on any atom is -0.382 e. The van der Waals surface area contributed by atoms with Gasteiger partial charge in [-0.25, -0.2) is 0 Å². The molecule has 2 rings (SSSR count). The molecule has 1 aromatic carbocycles. The number of rotatable bonds is 2. The summed E-state index contributed by atoms with van der Waals surface area (Å²) in [5.74, 6) is 0. The lowest BCUT2D eigenvalue weighted by Gasteiger charge is -2.39. The maximum Gasteiger partial charge on any atom is 0.101 e. The van der Waals surface area contributed by atoms with Crippen molar-refractivity contribution in [2.45, 2.75) is 39.2 Å². The fourth-order valence-electron chi connectivity index (χ4n) is 2.40. The SMILES string of the molecule is CC1(C)CC[CH]CC1Nc1ccc(C#N)c(Cl)c1. The standard InChI is InChI=1S/C15H18ClN2/c1-15(2)8-4-3-5-14(15)18-12-7-6-11(10-17)13(16)9-12/h3,6-7,9,14,18H,4-5,8H2,1-2H3. The van der Waals surface area contributed by atoms with Gasteiger partial charge < -0.3 is 5.32 Å². The Hall–Kier alpha value is -1.20. The van der Waals surface area contributed by atoms with Crippen LogP contribution in [0.3, 0.4) is 0 Å². The molecule has 1 N–H and O–H groups in total. The molecule has 2 nitrogen and oxygen atoms in total. The normalized spacial score (nSPS) is 22.2. The summed E-state index contributed by atoms with van der Waals surface area (Å²) in [5, 5.41) is 12.9. The molecule has 1 saturated carbocycles. The lowest BCUT2D eigenvalue weighted by atomic mass is 9.73. The number of hydrogen-bond donors (Lipinski definition) is 1. The van der Waals surface area contributed by atoms with Crippen LogP contribution < -0.4 is 5.32 Å². The number of nitrogens with one attached hydrogen (secondary N) is 1. The van der Waals surface area contributed by atoms with E-state index in [1.165, 1.54) is 12.8 Å². The second-order valence-electron chi connectivity index (χ2n) is 5.55. The van der Waals surface area contributed by atoms with Crippen LogP contribution in [0.1, 0.15) is 38.7 Å². The van der Waals surface area contributed by atoms with E-state index in [1.54, 1.807) is 6.07 Å². The summed E-state index contributed by atoms with van der Waals surface area (Å²) in [6.45, 7) is 4.59. The van der Waals surface area contributed by atoms with Gasteiger partial charge in [0.15, 0.2) is 0 Å². The van der Waals surface area contributed by atoms with Gasteiger partial charge in [-0.2, -0.15) is 5.26 Å². The average molecular weight is 262 g/mol. The summed E-state index contributed by atoms with van der Waals surface area (Å²) in [4.78, 5) is 0. The first-order valence-corrected chi connectivity index (χ1v) is 6.68. The first-order chi connectivity index (χ1) is 8.53. The molecule has 1 unspecified atom stereocenters. The van der Waals surface area contributed by atoms with Gasteiger partial charge in [0.25, 0.3) is 0 Å². The van der Waals surface area contributed by atoms with Gasteiger partial charge in [-0.3, -0.25) is 0 Å². The first kappa shape index (κ1) is 13.2. The van der Waals surface area contributed by atoms with Crippen molar-refractivity contribution in [3.8, 4) is 6.07 Å². The zero-order chi connectivity index (χ0) is 13.2. The molecule has 0 aromatic heterocycles. The van der Waals surface area contributed by atoms with Crippen molar-refractivity contribution in [3.63, 3.8) is 0 Å². The van der Waals surface area contributed by atoms with Crippen LogP contribution in [-0.2, 0) is 0 Å². The van der Waals surface area contributed by atoms with Crippen molar-refractivity contribution in [2.75, 3.05) is 5.32 Å². The maximum absolute atomic E-state index is 8.85. The van der Waals surface area contributed by atoms with Crippen molar-refractivity contribution in [3.05, 3.63) is 35.2 Å². The minimum atomic E-state index is 0.287. The highest BCUT2D eigenvalue weighted by molar-refractivity contribution is 6.32. The molecule has 0 heterocycles. The zero-order valence-electron chi connectivity index (χ0n) is 10.8. The van der Waals surface area contributed by atoms with Crippen LogP contribution in [0.15, 0.2) is 18.2 Å². The van der Waals surface area contributed by atoms with Crippen LogP contribution in [0.2, 0.25) is 5.02 Å². The smallest absolute Gasteiger partial charge is 0.101 e. The zero-order valence-corrected chi connectivity index (χ0v) is 11.6. The van der Waals surface area contributed by atoms with E-state index >= 15 is 0 Å². The highest BCUT2D eigenvalue weighted by atomic mass is 35.5. The molecule has 1 aliphatic rings. The summed E-state index contributed by atoms with van der Waals surface area (Å²) in [5.41, 5.74) is 1.80. The molecule has 1 atom stereocenters. The highest BCUT2D eigenvalue weighted by Crippen LogP contribution is 2.37. The third-order valence-corrected chi connectivity index (χ3v) is 4.08. The summed E-state index contributed by atoms with van der Waals surface area (Å²) in [6.07, 6.45) is 5.81. The summed E-state index contributed by atoms with van der Waals surface area (Å²) >= 11 is 6.05. The fourth-order valence-corrected chi connectivity index (χ4v) is 2.63. The first-order valence-electron chi connectivity index (χ1n) is 6.31. The van der Waals surface area contributed by atoms with Crippen LogP contribution in [0, 0.1) is 23.2 Å².